The van der Waals surface area contributed by atoms with E-state index in [0.29, 0.717) is 23.3 Å². The summed E-state index contributed by atoms with van der Waals surface area (Å²) in [5.74, 6) is 0. The number of benzene rings is 2. The normalized spacial score (nSPS) is 15.1. The Morgan fingerprint density at radius 1 is 1.22 bits per heavy atom. The number of carbonyl (C=O) groups is 1. The van der Waals surface area contributed by atoms with E-state index in [1.54, 1.807) is 0 Å². The first-order valence-electron chi connectivity index (χ1n) is 8.93. The third-order valence-electron chi connectivity index (χ3n) is 4.65. The fourth-order valence-corrected chi connectivity index (χ4v) is 4.28. The Bertz CT molecular complexity index is 950. The van der Waals surface area contributed by atoms with E-state index >= 15 is 0 Å². The number of amides is 2. The van der Waals surface area contributed by atoms with E-state index in [2.05, 4.69) is 10.3 Å². The Balaban J connectivity index is 1.32. The molecule has 0 unspecified atom stereocenters. The second-order valence-electron chi connectivity index (χ2n) is 6.67. The maximum Gasteiger partial charge on any atom is 0.321 e. The number of aryl methyl sites for hydroxylation is 1. The van der Waals surface area contributed by atoms with Gasteiger partial charge < -0.3 is 15.0 Å². The van der Waals surface area contributed by atoms with Gasteiger partial charge in [0, 0.05) is 31.6 Å². The van der Waals surface area contributed by atoms with Gasteiger partial charge in [0.25, 0.3) is 5.19 Å². The van der Waals surface area contributed by atoms with Crippen molar-refractivity contribution in [3.05, 3.63) is 53.1 Å². The number of carbonyl (C=O) groups excluding carboxylic acids is 1. The number of anilines is 1. The minimum absolute atomic E-state index is 0.0627. The molecule has 7 heteroatoms. The average Bonchev–Trinajstić information content (AvgIpc) is 3.08. The molecule has 0 aliphatic carbocycles. The third-order valence-corrected chi connectivity index (χ3v) is 5.87. The SMILES string of the molecule is Cc1ccc(NC(=O)N2CCC(Oc3nc4c(Cl)cccc4s3)CC2)cc1. The van der Waals surface area contributed by atoms with Crippen LogP contribution in [0, 0.1) is 6.92 Å². The van der Waals surface area contributed by atoms with Gasteiger partial charge in [0.15, 0.2) is 0 Å². The summed E-state index contributed by atoms with van der Waals surface area (Å²) in [6.45, 7) is 3.35. The topological polar surface area (TPSA) is 54.5 Å². The number of urea groups is 1. The number of hydrogen-bond donors (Lipinski definition) is 1. The van der Waals surface area contributed by atoms with Crippen molar-refractivity contribution >= 4 is 44.9 Å². The molecule has 2 aromatic carbocycles. The minimum atomic E-state index is -0.0657. The highest BCUT2D eigenvalue weighted by molar-refractivity contribution is 7.20. The van der Waals surface area contributed by atoms with Gasteiger partial charge in [0.2, 0.25) is 0 Å². The maximum atomic E-state index is 12.4. The molecule has 5 nitrogen and oxygen atoms in total. The van der Waals surface area contributed by atoms with E-state index < -0.39 is 0 Å². The lowest BCUT2D eigenvalue weighted by Gasteiger charge is -2.31. The smallest absolute Gasteiger partial charge is 0.321 e. The van der Waals surface area contributed by atoms with Crippen molar-refractivity contribution in [2.24, 2.45) is 0 Å². The van der Waals surface area contributed by atoms with Gasteiger partial charge in [-0.05, 0) is 31.2 Å². The zero-order chi connectivity index (χ0) is 18.8. The van der Waals surface area contributed by atoms with E-state index in [1.165, 1.54) is 16.9 Å². The van der Waals surface area contributed by atoms with Crippen LogP contribution in [0.3, 0.4) is 0 Å². The Kier molecular flexibility index (Phi) is 5.18. The highest BCUT2D eigenvalue weighted by Crippen LogP contribution is 2.33. The molecule has 4 rings (SSSR count). The largest absolute Gasteiger partial charge is 0.467 e. The Hall–Kier alpha value is -2.31. The van der Waals surface area contributed by atoms with Crippen molar-refractivity contribution in [3.63, 3.8) is 0 Å². The molecule has 1 N–H and O–H groups in total. The molecule has 2 amide bonds. The summed E-state index contributed by atoms with van der Waals surface area (Å²) in [6, 6.07) is 13.5. The van der Waals surface area contributed by atoms with Crippen molar-refractivity contribution in [1.82, 2.24) is 9.88 Å². The molecule has 0 atom stereocenters. The molecule has 1 aliphatic rings. The minimum Gasteiger partial charge on any atom is -0.467 e. The lowest BCUT2D eigenvalue weighted by atomic mass is 10.1. The van der Waals surface area contributed by atoms with Crippen molar-refractivity contribution in [2.75, 3.05) is 18.4 Å². The summed E-state index contributed by atoms with van der Waals surface area (Å²) in [6.07, 6.45) is 1.63. The van der Waals surface area contributed by atoms with Gasteiger partial charge in [-0.15, -0.1) is 0 Å². The number of nitrogens with one attached hydrogen (secondary N) is 1. The summed E-state index contributed by atoms with van der Waals surface area (Å²) in [4.78, 5) is 18.7. The summed E-state index contributed by atoms with van der Waals surface area (Å²) >= 11 is 7.68. The lowest BCUT2D eigenvalue weighted by Crippen LogP contribution is -2.43. The zero-order valence-corrected chi connectivity index (χ0v) is 16.5. The first kappa shape index (κ1) is 18.1. The van der Waals surface area contributed by atoms with Crippen LogP contribution in [0.25, 0.3) is 10.2 Å². The van der Waals surface area contributed by atoms with E-state index in [4.69, 9.17) is 16.3 Å². The molecule has 140 valence electrons. The first-order chi connectivity index (χ1) is 13.1. The van der Waals surface area contributed by atoms with Crippen molar-refractivity contribution in [1.29, 1.82) is 0 Å². The fourth-order valence-electron chi connectivity index (χ4n) is 3.10. The highest BCUT2D eigenvalue weighted by Gasteiger charge is 2.25. The van der Waals surface area contributed by atoms with Gasteiger partial charge in [-0.2, -0.15) is 0 Å². The van der Waals surface area contributed by atoms with Crippen LogP contribution in [0.15, 0.2) is 42.5 Å². The predicted molar refractivity (Wildman–Crippen MR) is 110 cm³/mol. The second kappa shape index (κ2) is 7.74. The molecule has 0 saturated carbocycles. The Labute approximate surface area is 166 Å². The molecular formula is C20H20ClN3O2S. The van der Waals surface area contributed by atoms with Crippen LogP contribution < -0.4 is 10.1 Å². The van der Waals surface area contributed by atoms with E-state index in [9.17, 15) is 4.79 Å². The molecular weight excluding hydrogens is 382 g/mol. The number of nitrogens with zero attached hydrogens (tertiary/aromatic N) is 2. The van der Waals surface area contributed by atoms with Gasteiger partial charge in [-0.1, -0.05) is 46.7 Å². The van der Waals surface area contributed by atoms with Crippen LogP contribution in [0.1, 0.15) is 18.4 Å². The molecule has 1 aromatic heterocycles. The number of likely N-dealkylation sites (tertiary alicyclic amines) is 1. The van der Waals surface area contributed by atoms with E-state index in [-0.39, 0.29) is 12.1 Å². The zero-order valence-electron chi connectivity index (χ0n) is 14.9. The van der Waals surface area contributed by atoms with Gasteiger partial charge in [0.1, 0.15) is 11.6 Å². The molecule has 0 spiro atoms. The Morgan fingerprint density at radius 3 is 2.67 bits per heavy atom. The van der Waals surface area contributed by atoms with Gasteiger partial charge in [-0.3, -0.25) is 0 Å². The number of para-hydroxylation sites is 1. The van der Waals surface area contributed by atoms with E-state index in [0.717, 1.165) is 28.7 Å². The third kappa shape index (κ3) is 4.17. The molecule has 3 aromatic rings. The maximum absolute atomic E-state index is 12.4. The second-order valence-corrected chi connectivity index (χ2v) is 8.07. The number of hydrogen-bond acceptors (Lipinski definition) is 4. The van der Waals surface area contributed by atoms with Crippen LogP contribution >= 0.6 is 22.9 Å². The number of piperidine rings is 1. The monoisotopic (exact) mass is 401 g/mol. The molecule has 27 heavy (non-hydrogen) atoms. The molecule has 1 aliphatic heterocycles. The fraction of sp³-hybridized carbons (Fsp3) is 0.300. The van der Waals surface area contributed by atoms with Crippen molar-refractivity contribution < 1.29 is 9.53 Å². The van der Waals surface area contributed by atoms with Crippen LogP contribution in [0.2, 0.25) is 5.02 Å². The predicted octanol–water partition coefficient (Wildman–Crippen LogP) is 5.33. The van der Waals surface area contributed by atoms with Crippen LogP contribution in [0.5, 0.6) is 5.19 Å². The van der Waals surface area contributed by atoms with Crippen molar-refractivity contribution in [3.8, 4) is 5.19 Å². The summed E-state index contributed by atoms with van der Waals surface area (Å²) in [5.41, 5.74) is 2.77. The molecule has 1 saturated heterocycles. The number of ether oxygens (including phenoxy) is 1. The van der Waals surface area contributed by atoms with Gasteiger partial charge >= 0.3 is 6.03 Å². The summed E-state index contributed by atoms with van der Waals surface area (Å²) < 4.78 is 7.07. The molecule has 1 fully saturated rings. The standard InChI is InChI=1S/C20H20ClN3O2S/c1-13-5-7-14(8-6-13)22-19(25)24-11-9-15(10-12-24)26-20-23-18-16(21)3-2-4-17(18)27-20/h2-8,15H,9-12H2,1H3,(H,22,25). The average molecular weight is 402 g/mol. The summed E-state index contributed by atoms with van der Waals surface area (Å²) in [5, 5.41) is 4.23. The van der Waals surface area contributed by atoms with Crippen molar-refractivity contribution in [2.45, 2.75) is 25.9 Å². The number of fused-ring (bicyclic) bond motifs is 1. The quantitative estimate of drug-likeness (QED) is 0.645. The molecule has 0 radical (unpaired) electrons. The van der Waals surface area contributed by atoms with Gasteiger partial charge in [-0.25, -0.2) is 9.78 Å². The number of thiazole rings is 1. The van der Waals surface area contributed by atoms with E-state index in [1.807, 2.05) is 54.3 Å². The van der Waals surface area contributed by atoms with Crippen LogP contribution in [-0.2, 0) is 0 Å². The highest BCUT2D eigenvalue weighted by atomic mass is 35.5. The van der Waals surface area contributed by atoms with Crippen LogP contribution in [0.4, 0.5) is 10.5 Å². The van der Waals surface area contributed by atoms with Crippen LogP contribution in [-0.4, -0.2) is 35.1 Å². The lowest BCUT2D eigenvalue weighted by molar-refractivity contribution is 0.115. The number of rotatable bonds is 3. The Morgan fingerprint density at radius 2 is 1.96 bits per heavy atom. The number of halogens is 1. The molecule has 2 heterocycles. The first-order valence-corrected chi connectivity index (χ1v) is 10.1. The number of aromatic nitrogens is 1. The summed E-state index contributed by atoms with van der Waals surface area (Å²) in [7, 11) is 0. The molecule has 0 bridgehead atoms. The van der Waals surface area contributed by atoms with Gasteiger partial charge in [0.05, 0.1) is 9.72 Å².